The van der Waals surface area contributed by atoms with Crippen molar-refractivity contribution >= 4 is 6.08 Å². The van der Waals surface area contributed by atoms with Crippen molar-refractivity contribution in [3.05, 3.63) is 59.5 Å². The molecular weight excluding hydrogens is 180 g/mol. The molecule has 1 radical (unpaired) electrons. The molecule has 77 valence electrons. The normalized spacial score (nSPS) is 14.5. The van der Waals surface area contributed by atoms with Gasteiger partial charge in [-0.05, 0) is 29.5 Å². The van der Waals surface area contributed by atoms with E-state index in [1.54, 1.807) is 0 Å². The van der Waals surface area contributed by atoms with Crippen molar-refractivity contribution in [1.29, 1.82) is 0 Å². The number of fused-ring (bicyclic) bond motifs is 1. The summed E-state index contributed by atoms with van der Waals surface area (Å²) >= 11 is 0. The third kappa shape index (κ3) is 2.59. The Bertz CT molecular complexity index is 383. The third-order valence-corrected chi connectivity index (χ3v) is 2.68. The maximum atomic E-state index is 2.29. The minimum Gasteiger partial charge on any atom is -0.0840 e. The van der Waals surface area contributed by atoms with E-state index in [-0.39, 0.29) is 0 Å². The van der Waals surface area contributed by atoms with E-state index >= 15 is 0 Å². The van der Waals surface area contributed by atoms with E-state index in [9.17, 15) is 0 Å². The first-order chi connectivity index (χ1) is 7.40. The fraction of sp³-hybridized carbons (Fsp3) is 0.267. The van der Waals surface area contributed by atoms with Crippen molar-refractivity contribution in [1.82, 2.24) is 0 Å². The summed E-state index contributed by atoms with van der Waals surface area (Å²) < 4.78 is 0. The number of hydrogen-bond acceptors (Lipinski definition) is 0. The summed E-state index contributed by atoms with van der Waals surface area (Å²) in [6.07, 6.45) is 14.5. The van der Waals surface area contributed by atoms with E-state index in [0.29, 0.717) is 0 Å². The summed E-state index contributed by atoms with van der Waals surface area (Å²) in [5, 5.41) is 0. The standard InChI is InChI=1S/C15H17/c1-2-3-4-7-13-10-11-14-8-5-6-9-15(14)12-13/h4-8,10-12H,2-3,9H2,1H3. The molecule has 1 aliphatic carbocycles. The van der Waals surface area contributed by atoms with E-state index in [0.717, 1.165) is 6.42 Å². The molecule has 0 amide bonds. The van der Waals surface area contributed by atoms with E-state index in [2.05, 4.69) is 55.8 Å². The fourth-order valence-electron chi connectivity index (χ4n) is 1.82. The zero-order valence-corrected chi connectivity index (χ0v) is 9.24. The van der Waals surface area contributed by atoms with E-state index < -0.39 is 0 Å². The lowest BCUT2D eigenvalue weighted by atomic mass is 9.95. The minimum atomic E-state index is 1.07. The maximum Gasteiger partial charge on any atom is 0.0125 e. The predicted octanol–water partition coefficient (Wildman–Crippen LogP) is 4.16. The van der Waals surface area contributed by atoms with Crippen molar-refractivity contribution in [3.63, 3.8) is 0 Å². The first-order valence-electron chi connectivity index (χ1n) is 5.69. The molecule has 0 aromatic heterocycles. The van der Waals surface area contributed by atoms with Crippen LogP contribution < -0.4 is 0 Å². The van der Waals surface area contributed by atoms with Crippen LogP contribution in [0.25, 0.3) is 6.08 Å². The Balaban J connectivity index is 2.15. The lowest BCUT2D eigenvalue weighted by molar-refractivity contribution is 0.962. The Morgan fingerprint density at radius 2 is 2.27 bits per heavy atom. The second-order valence-corrected chi connectivity index (χ2v) is 3.95. The van der Waals surface area contributed by atoms with E-state index in [1.807, 2.05) is 0 Å². The molecule has 0 aliphatic heterocycles. The number of hydrogen-bond donors (Lipinski definition) is 0. The number of unbranched alkanes of at least 4 members (excludes halogenated alkanes) is 1. The van der Waals surface area contributed by atoms with Gasteiger partial charge in [0.05, 0.1) is 0 Å². The molecule has 0 unspecified atom stereocenters. The second-order valence-electron chi connectivity index (χ2n) is 3.95. The molecule has 0 saturated carbocycles. The molecular formula is C15H17. The smallest absolute Gasteiger partial charge is 0.0125 e. The average molecular weight is 197 g/mol. The molecule has 2 rings (SSSR count). The number of rotatable bonds is 3. The highest BCUT2D eigenvalue weighted by atomic mass is 14.1. The molecule has 1 aromatic rings. The maximum absolute atomic E-state index is 2.29. The molecule has 0 heteroatoms. The molecule has 0 spiro atoms. The Morgan fingerprint density at radius 3 is 3.13 bits per heavy atom. The van der Waals surface area contributed by atoms with Gasteiger partial charge in [0.25, 0.3) is 0 Å². The van der Waals surface area contributed by atoms with Crippen LogP contribution in [0.5, 0.6) is 0 Å². The largest absolute Gasteiger partial charge is 0.0840 e. The van der Waals surface area contributed by atoms with Crippen molar-refractivity contribution in [3.8, 4) is 0 Å². The zero-order valence-electron chi connectivity index (χ0n) is 9.24. The molecule has 15 heavy (non-hydrogen) atoms. The van der Waals surface area contributed by atoms with Gasteiger partial charge in [0.15, 0.2) is 0 Å². The molecule has 0 saturated heterocycles. The third-order valence-electron chi connectivity index (χ3n) is 2.68. The van der Waals surface area contributed by atoms with Gasteiger partial charge in [-0.25, -0.2) is 0 Å². The van der Waals surface area contributed by atoms with Crippen LogP contribution in [0.1, 0.15) is 36.5 Å². The summed E-state index contributed by atoms with van der Waals surface area (Å²) in [6.45, 7) is 2.21. The average Bonchev–Trinajstić information content (AvgIpc) is 2.29. The fourth-order valence-corrected chi connectivity index (χ4v) is 1.82. The summed E-state index contributed by atoms with van der Waals surface area (Å²) in [5.41, 5.74) is 4.13. The highest BCUT2D eigenvalue weighted by Gasteiger charge is 2.04. The van der Waals surface area contributed by atoms with Crippen LogP contribution in [-0.4, -0.2) is 0 Å². The molecule has 0 N–H and O–H groups in total. The SMILES string of the molecule is CCCC=Cc1ccc2c(c1)CC=C[CH]2. The quantitative estimate of drug-likeness (QED) is 0.682. The zero-order chi connectivity index (χ0) is 10.5. The van der Waals surface area contributed by atoms with Gasteiger partial charge in [0.1, 0.15) is 0 Å². The Hall–Kier alpha value is -1.30. The Kier molecular flexibility index (Phi) is 3.39. The Morgan fingerprint density at radius 1 is 1.33 bits per heavy atom. The monoisotopic (exact) mass is 197 g/mol. The van der Waals surface area contributed by atoms with Gasteiger partial charge in [0.2, 0.25) is 0 Å². The molecule has 0 fully saturated rings. The van der Waals surface area contributed by atoms with Crippen molar-refractivity contribution in [2.24, 2.45) is 0 Å². The first kappa shape index (κ1) is 10.2. The Labute approximate surface area is 92.3 Å². The lowest BCUT2D eigenvalue weighted by Crippen LogP contribution is -1.95. The summed E-state index contributed by atoms with van der Waals surface area (Å²) in [4.78, 5) is 0. The summed E-state index contributed by atoms with van der Waals surface area (Å²) in [6, 6.07) is 6.70. The molecule has 0 heterocycles. The van der Waals surface area contributed by atoms with Gasteiger partial charge in [-0.2, -0.15) is 0 Å². The van der Waals surface area contributed by atoms with Gasteiger partial charge in [-0.3, -0.25) is 0 Å². The molecule has 1 aromatic carbocycles. The van der Waals surface area contributed by atoms with E-state index in [4.69, 9.17) is 0 Å². The molecule has 0 nitrogen and oxygen atoms in total. The number of allylic oxidation sites excluding steroid dienone is 3. The molecule has 1 aliphatic rings. The summed E-state index contributed by atoms with van der Waals surface area (Å²) in [5.74, 6) is 0. The second kappa shape index (κ2) is 4.97. The first-order valence-corrected chi connectivity index (χ1v) is 5.69. The van der Waals surface area contributed by atoms with Crippen LogP contribution >= 0.6 is 0 Å². The van der Waals surface area contributed by atoms with Crippen molar-refractivity contribution < 1.29 is 0 Å². The minimum absolute atomic E-state index is 1.07. The van der Waals surface area contributed by atoms with Crippen molar-refractivity contribution in [2.75, 3.05) is 0 Å². The van der Waals surface area contributed by atoms with Crippen molar-refractivity contribution in [2.45, 2.75) is 26.2 Å². The van der Waals surface area contributed by atoms with Crippen LogP contribution in [0.15, 0.2) is 36.4 Å². The van der Waals surface area contributed by atoms with E-state index in [1.165, 1.54) is 29.5 Å². The van der Waals surface area contributed by atoms with Crippen LogP contribution in [-0.2, 0) is 6.42 Å². The van der Waals surface area contributed by atoms with Gasteiger partial charge in [0, 0.05) is 6.42 Å². The van der Waals surface area contributed by atoms with Gasteiger partial charge >= 0.3 is 0 Å². The lowest BCUT2D eigenvalue weighted by Gasteiger charge is -2.10. The number of benzene rings is 1. The topological polar surface area (TPSA) is 0 Å². The van der Waals surface area contributed by atoms with Crippen LogP contribution in [0.3, 0.4) is 0 Å². The highest BCUT2D eigenvalue weighted by molar-refractivity contribution is 5.54. The van der Waals surface area contributed by atoms with Gasteiger partial charge in [-0.1, -0.05) is 55.8 Å². The predicted molar refractivity (Wildman–Crippen MR) is 66.6 cm³/mol. The molecule has 0 bridgehead atoms. The van der Waals surface area contributed by atoms with Gasteiger partial charge < -0.3 is 0 Å². The van der Waals surface area contributed by atoms with Gasteiger partial charge in [-0.15, -0.1) is 0 Å². The van der Waals surface area contributed by atoms with Crippen LogP contribution in [0.4, 0.5) is 0 Å². The summed E-state index contributed by atoms with van der Waals surface area (Å²) in [7, 11) is 0. The van der Waals surface area contributed by atoms with Crippen LogP contribution in [0, 0.1) is 6.42 Å². The highest BCUT2D eigenvalue weighted by Crippen LogP contribution is 2.20. The van der Waals surface area contributed by atoms with Crippen LogP contribution in [0.2, 0.25) is 0 Å². The molecule has 0 atom stereocenters.